The van der Waals surface area contributed by atoms with Gasteiger partial charge in [-0.15, -0.1) is 0 Å². The Morgan fingerprint density at radius 3 is 1.41 bits per heavy atom. The van der Waals surface area contributed by atoms with Crippen molar-refractivity contribution in [3.63, 3.8) is 0 Å². The Kier molecular flexibility index (Phi) is 3.48. The van der Waals surface area contributed by atoms with Gasteiger partial charge in [0.1, 0.15) is 0 Å². The molecule has 114 valence electrons. The third-order valence-electron chi connectivity index (χ3n) is 3.44. The number of H-pyrrole nitrogens is 2. The molecule has 0 aliphatic carbocycles. The molecule has 0 aliphatic rings. The largest absolute Gasteiger partial charge is 0.367 e. The Hall–Kier alpha value is -2.57. The fraction of sp³-hybridized carbons (Fsp3) is 0.0667. The zero-order valence-corrected chi connectivity index (χ0v) is 10.9. The van der Waals surface area contributed by atoms with Gasteiger partial charge in [-0.05, 0) is 23.3 Å². The first-order valence-corrected chi connectivity index (χ1v) is 6.29. The predicted molar refractivity (Wildman–Crippen MR) is 68.8 cm³/mol. The number of rotatable bonds is 3. The summed E-state index contributed by atoms with van der Waals surface area (Å²) < 4.78 is 68.3. The first-order valence-electron chi connectivity index (χ1n) is 6.29. The molecule has 3 rings (SSSR count). The molecule has 0 spiro atoms. The van der Waals surface area contributed by atoms with Gasteiger partial charge in [-0.25, -0.2) is 22.0 Å². The van der Waals surface area contributed by atoms with Crippen LogP contribution in [0.1, 0.15) is 22.6 Å². The van der Waals surface area contributed by atoms with Gasteiger partial charge in [-0.2, -0.15) is 0 Å². The molecule has 2 heterocycles. The van der Waals surface area contributed by atoms with E-state index in [9.17, 15) is 22.0 Å². The fourth-order valence-electron chi connectivity index (χ4n) is 2.43. The van der Waals surface area contributed by atoms with E-state index in [1.807, 2.05) is 0 Å². The van der Waals surface area contributed by atoms with Crippen molar-refractivity contribution in [1.29, 1.82) is 0 Å². The number of halogens is 5. The molecule has 7 heteroatoms. The third kappa shape index (κ3) is 2.09. The van der Waals surface area contributed by atoms with Crippen LogP contribution in [-0.4, -0.2) is 9.97 Å². The molecule has 0 aliphatic heterocycles. The maximum Gasteiger partial charge on any atom is 0.200 e. The van der Waals surface area contributed by atoms with E-state index < -0.39 is 40.6 Å². The summed E-state index contributed by atoms with van der Waals surface area (Å²) in [5.41, 5.74) is -0.124. The Balaban J connectivity index is 2.31. The van der Waals surface area contributed by atoms with Crippen LogP contribution < -0.4 is 0 Å². The molecule has 0 bridgehead atoms. The van der Waals surface area contributed by atoms with Gasteiger partial charge in [0.05, 0.1) is 0 Å². The van der Waals surface area contributed by atoms with Crippen molar-refractivity contribution in [1.82, 2.24) is 9.97 Å². The number of aromatic nitrogens is 2. The van der Waals surface area contributed by atoms with Gasteiger partial charge < -0.3 is 9.97 Å². The minimum Gasteiger partial charge on any atom is -0.367 e. The van der Waals surface area contributed by atoms with E-state index in [0.29, 0.717) is 11.1 Å². The molecule has 0 fully saturated rings. The molecule has 0 amide bonds. The van der Waals surface area contributed by atoms with Crippen molar-refractivity contribution in [2.45, 2.75) is 5.92 Å². The second-order valence-electron chi connectivity index (χ2n) is 4.71. The predicted octanol–water partition coefficient (Wildman–Crippen LogP) is 4.22. The molecule has 2 aromatic heterocycles. The topological polar surface area (TPSA) is 31.6 Å². The van der Waals surface area contributed by atoms with E-state index in [1.165, 1.54) is 36.9 Å². The Labute approximate surface area is 121 Å². The quantitative estimate of drug-likeness (QED) is 0.412. The first kappa shape index (κ1) is 14.4. The van der Waals surface area contributed by atoms with Crippen LogP contribution in [0.25, 0.3) is 0 Å². The first-order chi connectivity index (χ1) is 10.5. The van der Waals surface area contributed by atoms with E-state index in [1.54, 1.807) is 0 Å². The Morgan fingerprint density at radius 1 is 0.636 bits per heavy atom. The highest BCUT2D eigenvalue weighted by atomic mass is 19.2. The van der Waals surface area contributed by atoms with Crippen LogP contribution in [0, 0.1) is 29.1 Å². The Morgan fingerprint density at radius 2 is 1.05 bits per heavy atom. The summed E-state index contributed by atoms with van der Waals surface area (Å²) in [5, 5.41) is 0. The van der Waals surface area contributed by atoms with Crippen molar-refractivity contribution < 1.29 is 22.0 Å². The summed E-state index contributed by atoms with van der Waals surface area (Å²) in [6.45, 7) is 0. The van der Waals surface area contributed by atoms with E-state index in [2.05, 4.69) is 9.97 Å². The van der Waals surface area contributed by atoms with Gasteiger partial charge >= 0.3 is 0 Å². The minimum absolute atomic E-state index is 0.378. The summed E-state index contributed by atoms with van der Waals surface area (Å²) in [5.74, 6) is -10.9. The van der Waals surface area contributed by atoms with Gasteiger partial charge in [0.25, 0.3) is 0 Å². The lowest BCUT2D eigenvalue weighted by Gasteiger charge is -2.18. The smallest absolute Gasteiger partial charge is 0.200 e. The van der Waals surface area contributed by atoms with E-state index in [4.69, 9.17) is 0 Å². The Bertz CT molecular complexity index is 731. The highest BCUT2D eigenvalue weighted by Crippen LogP contribution is 2.37. The van der Waals surface area contributed by atoms with Gasteiger partial charge in [-0.3, -0.25) is 0 Å². The van der Waals surface area contributed by atoms with Crippen LogP contribution in [0.3, 0.4) is 0 Å². The summed E-state index contributed by atoms with van der Waals surface area (Å²) in [6, 6.07) is 3.02. The second-order valence-corrected chi connectivity index (χ2v) is 4.71. The summed E-state index contributed by atoms with van der Waals surface area (Å²) in [4.78, 5) is 5.41. The SMILES string of the molecule is Fc1c(F)c(F)c(C(c2cc[nH]c2)c2cc[nH]c2)c(F)c1F. The summed E-state index contributed by atoms with van der Waals surface area (Å²) in [7, 11) is 0. The number of hydrogen-bond donors (Lipinski definition) is 2. The molecule has 3 aromatic rings. The lowest BCUT2D eigenvalue weighted by molar-refractivity contribution is 0.369. The van der Waals surface area contributed by atoms with E-state index in [-0.39, 0.29) is 0 Å². The molecular weight excluding hydrogens is 303 g/mol. The van der Waals surface area contributed by atoms with Crippen LogP contribution in [0.5, 0.6) is 0 Å². The highest BCUT2D eigenvalue weighted by molar-refractivity contribution is 5.43. The van der Waals surface area contributed by atoms with Crippen LogP contribution in [-0.2, 0) is 0 Å². The lowest BCUT2D eigenvalue weighted by atomic mass is 9.87. The van der Waals surface area contributed by atoms with Crippen molar-refractivity contribution in [3.05, 3.63) is 82.7 Å². The van der Waals surface area contributed by atoms with Crippen molar-refractivity contribution in [3.8, 4) is 0 Å². The average Bonchev–Trinajstić information content (AvgIpc) is 3.20. The van der Waals surface area contributed by atoms with Crippen LogP contribution >= 0.6 is 0 Å². The van der Waals surface area contributed by atoms with Crippen molar-refractivity contribution in [2.75, 3.05) is 0 Å². The monoisotopic (exact) mass is 312 g/mol. The molecule has 22 heavy (non-hydrogen) atoms. The molecule has 2 N–H and O–H groups in total. The lowest BCUT2D eigenvalue weighted by Crippen LogP contribution is -2.13. The number of nitrogens with one attached hydrogen (secondary N) is 2. The van der Waals surface area contributed by atoms with E-state index in [0.717, 1.165) is 0 Å². The third-order valence-corrected chi connectivity index (χ3v) is 3.44. The number of hydrogen-bond acceptors (Lipinski definition) is 0. The maximum absolute atomic E-state index is 14.1. The summed E-state index contributed by atoms with van der Waals surface area (Å²) in [6.07, 6.45) is 5.88. The van der Waals surface area contributed by atoms with Gasteiger partial charge in [-0.1, -0.05) is 0 Å². The maximum atomic E-state index is 14.1. The number of benzene rings is 1. The molecule has 0 atom stereocenters. The van der Waals surface area contributed by atoms with Gasteiger partial charge in [0.2, 0.25) is 5.82 Å². The minimum atomic E-state index is -2.17. The molecule has 0 saturated heterocycles. The fourth-order valence-corrected chi connectivity index (χ4v) is 2.43. The van der Waals surface area contributed by atoms with Crippen LogP contribution in [0.4, 0.5) is 22.0 Å². The van der Waals surface area contributed by atoms with Crippen LogP contribution in [0.2, 0.25) is 0 Å². The molecule has 0 unspecified atom stereocenters. The van der Waals surface area contributed by atoms with Crippen molar-refractivity contribution in [2.24, 2.45) is 0 Å². The highest BCUT2D eigenvalue weighted by Gasteiger charge is 2.32. The zero-order chi connectivity index (χ0) is 15.9. The number of aromatic amines is 2. The molecular formula is C15H9F5N2. The normalized spacial score (nSPS) is 11.4. The second kappa shape index (κ2) is 5.32. The zero-order valence-electron chi connectivity index (χ0n) is 10.9. The molecule has 0 saturated carbocycles. The van der Waals surface area contributed by atoms with Gasteiger partial charge in [0.15, 0.2) is 23.3 Å². The van der Waals surface area contributed by atoms with E-state index >= 15 is 0 Å². The van der Waals surface area contributed by atoms with Crippen molar-refractivity contribution >= 4 is 0 Å². The standard InChI is InChI=1S/C15H9F5N2/c16-11-10(12(17)14(19)15(20)13(11)18)9(7-1-3-21-5-7)8-2-4-22-6-8/h1-6,9,21-22H. The average molecular weight is 312 g/mol. The molecule has 0 radical (unpaired) electrons. The molecule has 2 nitrogen and oxygen atoms in total. The van der Waals surface area contributed by atoms with Gasteiger partial charge in [0, 0.05) is 36.3 Å². The molecule has 1 aromatic carbocycles. The van der Waals surface area contributed by atoms with Crippen LogP contribution in [0.15, 0.2) is 36.9 Å². The summed E-state index contributed by atoms with van der Waals surface area (Å²) >= 11 is 0.